The first-order chi connectivity index (χ1) is 22.6. The number of benzene rings is 1. The highest BCUT2D eigenvalue weighted by molar-refractivity contribution is 5.45. The molecule has 0 radical (unpaired) electrons. The van der Waals surface area contributed by atoms with Gasteiger partial charge >= 0.3 is 0 Å². The van der Waals surface area contributed by atoms with Crippen LogP contribution in [0.4, 0.5) is 0 Å². The molecule has 0 saturated carbocycles. The minimum Gasteiger partial charge on any atom is -0.494 e. The number of unbranched alkanes of at least 4 members (excludes halogenated alkanes) is 9. The summed E-state index contributed by atoms with van der Waals surface area (Å²) in [6.45, 7) is 7.67. The molecule has 46 heavy (non-hydrogen) atoms. The van der Waals surface area contributed by atoms with Crippen molar-refractivity contribution in [2.75, 3.05) is 27.1 Å². The van der Waals surface area contributed by atoms with Crippen LogP contribution in [0.15, 0.2) is 63.7 Å². The van der Waals surface area contributed by atoms with Crippen LogP contribution in [0, 0.1) is 11.3 Å². The van der Waals surface area contributed by atoms with Crippen LogP contribution in [0.3, 0.4) is 0 Å². The smallest absolute Gasteiger partial charge is 0.230 e. The maximum absolute atomic E-state index is 10.8. The molecule has 2 unspecified atom stereocenters. The lowest BCUT2D eigenvalue weighted by molar-refractivity contribution is 0.0141. The Bertz CT molecular complexity index is 1170. The van der Waals surface area contributed by atoms with Gasteiger partial charge in [0.25, 0.3) is 0 Å². The molecule has 2 atom stereocenters. The highest BCUT2D eigenvalue weighted by atomic mass is 16.7. The molecule has 0 aromatic heterocycles. The van der Waals surface area contributed by atoms with Crippen LogP contribution in [0.25, 0.3) is 0 Å². The van der Waals surface area contributed by atoms with E-state index < -0.39 is 5.41 Å². The van der Waals surface area contributed by atoms with E-state index in [1.807, 2.05) is 32.3 Å². The van der Waals surface area contributed by atoms with Gasteiger partial charge in [-0.3, -0.25) is 0 Å². The largest absolute Gasteiger partial charge is 0.494 e. The molecule has 3 rings (SSSR count). The third kappa shape index (κ3) is 12.5. The van der Waals surface area contributed by atoms with Crippen molar-refractivity contribution < 1.29 is 18.9 Å². The maximum Gasteiger partial charge on any atom is 0.230 e. The van der Waals surface area contributed by atoms with Gasteiger partial charge in [0.15, 0.2) is 0 Å². The second kappa shape index (κ2) is 21.5. The van der Waals surface area contributed by atoms with Gasteiger partial charge in [-0.2, -0.15) is 15.5 Å². The predicted molar refractivity (Wildman–Crippen MR) is 186 cm³/mol. The van der Waals surface area contributed by atoms with Gasteiger partial charge in [-0.1, -0.05) is 82.8 Å². The fourth-order valence-corrected chi connectivity index (χ4v) is 6.60. The Morgan fingerprint density at radius 2 is 1.50 bits per heavy atom. The van der Waals surface area contributed by atoms with Crippen molar-refractivity contribution in [2.24, 2.45) is 10.2 Å². The Morgan fingerprint density at radius 1 is 0.848 bits per heavy atom. The summed E-state index contributed by atoms with van der Waals surface area (Å²) in [5.41, 5.74) is 2.86. The quantitative estimate of drug-likeness (QED) is 0.0835. The van der Waals surface area contributed by atoms with Crippen LogP contribution >= 0.6 is 0 Å². The summed E-state index contributed by atoms with van der Waals surface area (Å²) in [5, 5.41) is 19.6. The molecule has 1 aromatic carbocycles. The van der Waals surface area contributed by atoms with Crippen molar-refractivity contribution >= 4 is 0 Å². The Hall–Kier alpha value is -3.27. The third-order valence-corrected chi connectivity index (χ3v) is 9.16. The highest BCUT2D eigenvalue weighted by Gasteiger charge is 2.33. The second-order valence-electron chi connectivity index (χ2n) is 12.7. The number of allylic oxidation sites excluding steroid dienone is 4. The van der Waals surface area contributed by atoms with Gasteiger partial charge < -0.3 is 18.9 Å². The first-order valence-corrected chi connectivity index (χ1v) is 18.0. The number of azo groups is 1. The van der Waals surface area contributed by atoms with Gasteiger partial charge in [-0.05, 0) is 76.1 Å². The number of rotatable bonds is 24. The average Bonchev–Trinajstić information content (AvgIpc) is 3.07. The SMILES string of the molecule is CCCCCCCCCCCCC(C#N)(CCCC(CCC1=CC=C2OCOC=C2C1)N=NC)c1cc(OCC)cc(OCC)c1. The lowest BCUT2D eigenvalue weighted by Crippen LogP contribution is -2.25. The van der Waals surface area contributed by atoms with E-state index in [9.17, 15) is 5.26 Å². The summed E-state index contributed by atoms with van der Waals surface area (Å²) < 4.78 is 22.8. The summed E-state index contributed by atoms with van der Waals surface area (Å²) in [5.74, 6) is 2.45. The van der Waals surface area contributed by atoms with Gasteiger partial charge in [-0.25, -0.2) is 0 Å². The summed E-state index contributed by atoms with van der Waals surface area (Å²) in [7, 11) is 1.75. The number of ether oxygens (including phenoxy) is 4. The van der Waals surface area contributed by atoms with E-state index in [0.29, 0.717) is 13.2 Å². The predicted octanol–water partition coefficient (Wildman–Crippen LogP) is 11.1. The zero-order chi connectivity index (χ0) is 32.9. The number of hydrogen-bond donors (Lipinski definition) is 0. The Morgan fingerprint density at radius 3 is 2.13 bits per heavy atom. The Labute approximate surface area is 279 Å². The number of nitriles is 1. The minimum atomic E-state index is -0.604. The van der Waals surface area contributed by atoms with E-state index in [1.165, 1.54) is 56.9 Å². The monoisotopic (exact) mass is 633 g/mol. The molecule has 2 aliphatic rings. The standard InChI is InChI=1S/C39H59N3O4/c1-5-8-9-10-11-12-13-14-15-16-23-39(30-40,34-26-36(44-6-2)28-37(27-34)45-7-3)24-17-18-35(42-41-4)21-19-32-20-22-38-33(25-32)29-43-31-46-38/h20,22,26-29,35H,5-19,21,23-25,31H2,1-4H3. The Kier molecular flexibility index (Phi) is 17.4. The number of fused-ring (bicyclic) bond motifs is 1. The lowest BCUT2D eigenvalue weighted by atomic mass is 9.73. The molecule has 1 heterocycles. The first kappa shape index (κ1) is 37.2. The van der Waals surface area contributed by atoms with Crippen LogP contribution in [0.2, 0.25) is 0 Å². The molecule has 0 spiro atoms. The van der Waals surface area contributed by atoms with Gasteiger partial charge in [-0.15, -0.1) is 0 Å². The van der Waals surface area contributed by atoms with E-state index >= 15 is 0 Å². The molecule has 0 fully saturated rings. The zero-order valence-electron chi connectivity index (χ0n) is 29.2. The van der Waals surface area contributed by atoms with Crippen molar-refractivity contribution in [1.29, 1.82) is 5.26 Å². The molecule has 7 nitrogen and oxygen atoms in total. The Balaban J connectivity index is 1.65. The second-order valence-corrected chi connectivity index (χ2v) is 12.7. The molecule has 0 bridgehead atoms. The maximum atomic E-state index is 10.8. The van der Waals surface area contributed by atoms with Crippen LogP contribution in [0.1, 0.15) is 135 Å². The van der Waals surface area contributed by atoms with Gasteiger partial charge in [0.05, 0.1) is 37.0 Å². The van der Waals surface area contributed by atoms with Crippen LogP contribution in [-0.4, -0.2) is 33.1 Å². The highest BCUT2D eigenvalue weighted by Crippen LogP contribution is 2.40. The summed E-state index contributed by atoms with van der Waals surface area (Å²) in [6.07, 6.45) is 24.9. The van der Waals surface area contributed by atoms with Crippen molar-refractivity contribution in [3.63, 3.8) is 0 Å². The molecular formula is C39H59N3O4. The zero-order valence-corrected chi connectivity index (χ0v) is 29.2. The van der Waals surface area contributed by atoms with E-state index in [1.54, 1.807) is 7.05 Å². The molecule has 0 N–H and O–H groups in total. The summed E-state index contributed by atoms with van der Waals surface area (Å²) in [6, 6.07) is 9.00. The van der Waals surface area contributed by atoms with Crippen molar-refractivity contribution in [3.05, 3.63) is 59.1 Å². The van der Waals surface area contributed by atoms with Crippen LogP contribution < -0.4 is 9.47 Å². The molecule has 1 aromatic rings. The fourth-order valence-electron chi connectivity index (χ4n) is 6.60. The number of nitrogens with zero attached hydrogens (tertiary/aromatic N) is 3. The van der Waals surface area contributed by atoms with E-state index in [2.05, 4.69) is 41.4 Å². The molecule has 0 amide bonds. The van der Waals surface area contributed by atoms with Crippen molar-refractivity contribution in [3.8, 4) is 17.6 Å². The first-order valence-electron chi connectivity index (χ1n) is 18.0. The lowest BCUT2D eigenvalue weighted by Gasteiger charge is -2.29. The van der Waals surface area contributed by atoms with Gasteiger partial charge in [0, 0.05) is 25.1 Å². The number of hydrogen-bond acceptors (Lipinski definition) is 7. The molecular weight excluding hydrogens is 574 g/mol. The van der Waals surface area contributed by atoms with Gasteiger partial charge in [0.1, 0.15) is 17.3 Å². The summed E-state index contributed by atoms with van der Waals surface area (Å²) >= 11 is 0. The third-order valence-electron chi connectivity index (χ3n) is 9.16. The molecule has 1 aliphatic heterocycles. The topological polar surface area (TPSA) is 85.4 Å². The van der Waals surface area contributed by atoms with E-state index in [4.69, 9.17) is 18.9 Å². The molecule has 0 saturated heterocycles. The molecule has 254 valence electrons. The molecule has 1 aliphatic carbocycles. The van der Waals surface area contributed by atoms with Crippen molar-refractivity contribution in [2.45, 2.75) is 141 Å². The van der Waals surface area contributed by atoms with Crippen LogP contribution in [-0.2, 0) is 14.9 Å². The van der Waals surface area contributed by atoms with Gasteiger partial charge in [0.2, 0.25) is 6.79 Å². The minimum absolute atomic E-state index is 0.117. The van der Waals surface area contributed by atoms with Crippen molar-refractivity contribution in [1.82, 2.24) is 0 Å². The van der Waals surface area contributed by atoms with E-state index in [0.717, 1.165) is 86.2 Å². The normalized spacial score (nSPS) is 16.2. The average molecular weight is 634 g/mol. The fraction of sp³-hybridized carbons (Fsp3) is 0.667. The van der Waals surface area contributed by atoms with Crippen LogP contribution in [0.5, 0.6) is 11.5 Å². The summed E-state index contributed by atoms with van der Waals surface area (Å²) in [4.78, 5) is 0. The molecule has 7 heteroatoms. The van der Waals surface area contributed by atoms with E-state index in [-0.39, 0.29) is 12.8 Å².